The third kappa shape index (κ3) is 3.32. The minimum atomic E-state index is -0.218. The Morgan fingerprint density at radius 1 is 1.41 bits per heavy atom. The average molecular weight is 236 g/mol. The highest BCUT2D eigenvalue weighted by Gasteiger charge is 2.19. The monoisotopic (exact) mass is 236 g/mol. The summed E-state index contributed by atoms with van der Waals surface area (Å²) in [7, 11) is 0. The van der Waals surface area contributed by atoms with E-state index in [4.69, 9.17) is 0 Å². The van der Waals surface area contributed by atoms with Crippen molar-refractivity contribution >= 4 is 0 Å². The molecule has 1 aliphatic rings. The van der Waals surface area contributed by atoms with E-state index < -0.39 is 0 Å². The van der Waals surface area contributed by atoms with Gasteiger partial charge in [0.2, 0.25) is 0 Å². The number of aliphatic hydroxyl groups excluding tert-OH is 1. The maximum Gasteiger partial charge on any atom is 0.111 e. The first-order valence-electron chi connectivity index (χ1n) is 6.86. The van der Waals surface area contributed by atoms with E-state index in [2.05, 4.69) is 23.4 Å². The molecule has 1 aromatic heterocycles. The molecule has 3 nitrogen and oxygen atoms in total. The molecule has 17 heavy (non-hydrogen) atoms. The molecule has 96 valence electrons. The van der Waals surface area contributed by atoms with Crippen molar-refractivity contribution in [2.24, 2.45) is 5.92 Å². The first kappa shape index (κ1) is 12.6. The highest BCUT2D eigenvalue weighted by atomic mass is 16.3. The largest absolute Gasteiger partial charge is 0.391 e. The summed E-state index contributed by atoms with van der Waals surface area (Å²) < 4.78 is 2.10. The quantitative estimate of drug-likeness (QED) is 0.853. The third-order valence-corrected chi connectivity index (χ3v) is 3.75. The second kappa shape index (κ2) is 5.67. The Balaban J connectivity index is 1.88. The molecule has 0 bridgehead atoms. The van der Waals surface area contributed by atoms with Crippen LogP contribution in [0.25, 0.3) is 0 Å². The van der Waals surface area contributed by atoms with E-state index in [1.807, 2.05) is 12.4 Å². The van der Waals surface area contributed by atoms with Gasteiger partial charge in [-0.1, -0.05) is 39.5 Å². The van der Waals surface area contributed by atoms with Crippen molar-refractivity contribution in [1.29, 1.82) is 0 Å². The third-order valence-electron chi connectivity index (χ3n) is 3.75. The Bertz CT molecular complexity index is 340. The molecule has 0 aliphatic heterocycles. The van der Waals surface area contributed by atoms with E-state index >= 15 is 0 Å². The van der Waals surface area contributed by atoms with Gasteiger partial charge in [0, 0.05) is 24.9 Å². The maximum atomic E-state index is 10.1. The Kier molecular flexibility index (Phi) is 4.21. The molecule has 0 radical (unpaired) electrons. The van der Waals surface area contributed by atoms with Crippen LogP contribution >= 0.6 is 0 Å². The molecule has 2 rings (SSSR count). The molecular weight excluding hydrogens is 212 g/mol. The van der Waals surface area contributed by atoms with Crippen LogP contribution in [0.2, 0.25) is 0 Å². The average Bonchev–Trinajstić information content (AvgIpc) is 2.88. The first-order chi connectivity index (χ1) is 8.16. The first-order valence-corrected chi connectivity index (χ1v) is 6.86. The molecule has 1 aromatic rings. The molecule has 3 heteroatoms. The van der Waals surface area contributed by atoms with Crippen LogP contribution in [0, 0.1) is 5.92 Å². The summed E-state index contributed by atoms with van der Waals surface area (Å²) in [5.74, 6) is 2.25. The molecule has 0 spiro atoms. The van der Waals surface area contributed by atoms with Crippen LogP contribution in [-0.2, 0) is 6.54 Å². The van der Waals surface area contributed by atoms with E-state index in [0.717, 1.165) is 18.2 Å². The van der Waals surface area contributed by atoms with Gasteiger partial charge in [-0.15, -0.1) is 0 Å². The van der Waals surface area contributed by atoms with Crippen molar-refractivity contribution < 1.29 is 5.11 Å². The Morgan fingerprint density at radius 3 is 2.76 bits per heavy atom. The van der Waals surface area contributed by atoms with Crippen molar-refractivity contribution in [1.82, 2.24) is 9.55 Å². The molecule has 1 N–H and O–H groups in total. The molecule has 0 saturated heterocycles. The number of nitrogens with zero attached hydrogens (tertiary/aromatic N) is 2. The van der Waals surface area contributed by atoms with Gasteiger partial charge in [0.1, 0.15) is 5.82 Å². The number of aliphatic hydroxyl groups is 1. The SMILES string of the molecule is CC(C)c1nccn1CC(O)CC1CCCC1. The molecule has 1 heterocycles. The fourth-order valence-electron chi connectivity index (χ4n) is 2.91. The molecule has 1 aliphatic carbocycles. The minimum Gasteiger partial charge on any atom is -0.391 e. The fraction of sp³-hybridized carbons (Fsp3) is 0.786. The standard InChI is InChI=1S/C14H24N2O/c1-11(2)14-15-7-8-16(14)10-13(17)9-12-5-3-4-6-12/h7-8,11-13,17H,3-6,9-10H2,1-2H3. The van der Waals surface area contributed by atoms with Gasteiger partial charge >= 0.3 is 0 Å². The van der Waals surface area contributed by atoms with E-state index in [0.29, 0.717) is 12.5 Å². The summed E-state index contributed by atoms with van der Waals surface area (Å²) in [6.07, 6.45) is 9.85. The van der Waals surface area contributed by atoms with E-state index in [1.54, 1.807) is 0 Å². The van der Waals surface area contributed by atoms with Gasteiger partial charge in [-0.25, -0.2) is 4.98 Å². The Hall–Kier alpha value is -0.830. The van der Waals surface area contributed by atoms with Crippen molar-refractivity contribution in [2.75, 3.05) is 0 Å². The van der Waals surface area contributed by atoms with Crippen LogP contribution in [0.1, 0.15) is 57.7 Å². The molecular formula is C14H24N2O. The Labute approximate surface area is 104 Å². The van der Waals surface area contributed by atoms with Crippen LogP contribution in [0.4, 0.5) is 0 Å². The topological polar surface area (TPSA) is 38.0 Å². The number of imidazole rings is 1. The molecule has 0 aromatic carbocycles. The van der Waals surface area contributed by atoms with Crippen LogP contribution in [0.5, 0.6) is 0 Å². The zero-order chi connectivity index (χ0) is 12.3. The number of hydrogen-bond donors (Lipinski definition) is 1. The fourth-order valence-corrected chi connectivity index (χ4v) is 2.91. The zero-order valence-corrected chi connectivity index (χ0v) is 11.0. The lowest BCUT2D eigenvalue weighted by Gasteiger charge is -2.18. The summed E-state index contributed by atoms with van der Waals surface area (Å²) in [5, 5.41) is 10.1. The van der Waals surface area contributed by atoms with Crippen LogP contribution in [0.15, 0.2) is 12.4 Å². The van der Waals surface area contributed by atoms with Crippen LogP contribution in [-0.4, -0.2) is 20.8 Å². The normalized spacial score (nSPS) is 19.1. The van der Waals surface area contributed by atoms with Gasteiger partial charge in [0.25, 0.3) is 0 Å². The van der Waals surface area contributed by atoms with Crippen molar-refractivity contribution in [3.8, 4) is 0 Å². The van der Waals surface area contributed by atoms with Crippen molar-refractivity contribution in [3.05, 3.63) is 18.2 Å². The second-order valence-corrected chi connectivity index (χ2v) is 5.63. The minimum absolute atomic E-state index is 0.218. The van der Waals surface area contributed by atoms with Crippen LogP contribution < -0.4 is 0 Å². The van der Waals surface area contributed by atoms with Gasteiger partial charge in [-0.2, -0.15) is 0 Å². The predicted molar refractivity (Wildman–Crippen MR) is 68.9 cm³/mol. The van der Waals surface area contributed by atoms with Gasteiger partial charge < -0.3 is 9.67 Å². The van der Waals surface area contributed by atoms with Gasteiger partial charge in [0.15, 0.2) is 0 Å². The highest BCUT2D eigenvalue weighted by molar-refractivity contribution is 4.97. The molecule has 1 unspecified atom stereocenters. The smallest absolute Gasteiger partial charge is 0.111 e. The summed E-state index contributed by atoms with van der Waals surface area (Å²) in [6.45, 7) is 4.98. The van der Waals surface area contributed by atoms with E-state index in [1.165, 1.54) is 25.7 Å². The maximum absolute atomic E-state index is 10.1. The number of rotatable bonds is 5. The van der Waals surface area contributed by atoms with Gasteiger partial charge in [0.05, 0.1) is 6.10 Å². The van der Waals surface area contributed by atoms with E-state index in [-0.39, 0.29) is 6.10 Å². The summed E-state index contributed by atoms with van der Waals surface area (Å²) in [6, 6.07) is 0. The number of hydrogen-bond acceptors (Lipinski definition) is 2. The lowest BCUT2D eigenvalue weighted by molar-refractivity contribution is 0.123. The number of aromatic nitrogens is 2. The van der Waals surface area contributed by atoms with Gasteiger partial charge in [-0.05, 0) is 12.3 Å². The highest BCUT2D eigenvalue weighted by Crippen LogP contribution is 2.29. The summed E-state index contributed by atoms with van der Waals surface area (Å²) in [5.41, 5.74) is 0. The zero-order valence-electron chi connectivity index (χ0n) is 11.0. The summed E-state index contributed by atoms with van der Waals surface area (Å²) in [4.78, 5) is 4.35. The summed E-state index contributed by atoms with van der Waals surface area (Å²) >= 11 is 0. The lowest BCUT2D eigenvalue weighted by Crippen LogP contribution is -2.20. The molecule has 1 fully saturated rings. The second-order valence-electron chi connectivity index (χ2n) is 5.63. The van der Waals surface area contributed by atoms with Crippen molar-refractivity contribution in [3.63, 3.8) is 0 Å². The van der Waals surface area contributed by atoms with Crippen molar-refractivity contribution in [2.45, 2.75) is 64.5 Å². The Morgan fingerprint density at radius 2 is 2.12 bits per heavy atom. The predicted octanol–water partition coefficient (Wildman–Crippen LogP) is 2.95. The van der Waals surface area contributed by atoms with E-state index in [9.17, 15) is 5.11 Å². The lowest BCUT2D eigenvalue weighted by atomic mass is 10.00. The molecule has 1 saturated carbocycles. The van der Waals surface area contributed by atoms with Gasteiger partial charge in [-0.3, -0.25) is 0 Å². The molecule has 1 atom stereocenters. The van der Waals surface area contributed by atoms with Crippen LogP contribution in [0.3, 0.4) is 0 Å². The molecule has 0 amide bonds.